The second-order valence-electron chi connectivity index (χ2n) is 7.80. The molecule has 0 aliphatic heterocycles. The summed E-state index contributed by atoms with van der Waals surface area (Å²) in [4.78, 5) is 30.0. The minimum atomic E-state index is -2.89. The number of rotatable bonds is 5. The van der Waals surface area contributed by atoms with Crippen molar-refractivity contribution < 1.29 is 13.8 Å². The minimum Gasteiger partial charge on any atom is -0.321 e. The van der Waals surface area contributed by atoms with Gasteiger partial charge in [0.15, 0.2) is 0 Å². The third-order valence-electron chi connectivity index (χ3n) is 5.11. The van der Waals surface area contributed by atoms with Crippen LogP contribution in [0.25, 0.3) is 11.1 Å². The van der Waals surface area contributed by atoms with Crippen LogP contribution >= 0.6 is 0 Å². The Balaban J connectivity index is 1.59. The molecule has 2 aromatic carbocycles. The van der Waals surface area contributed by atoms with Crippen molar-refractivity contribution in [1.29, 1.82) is 0 Å². The van der Waals surface area contributed by atoms with E-state index in [9.17, 15) is 13.8 Å². The second kappa shape index (κ2) is 9.40. The van der Waals surface area contributed by atoms with E-state index in [0.29, 0.717) is 21.8 Å². The Morgan fingerprint density at radius 3 is 2.44 bits per heavy atom. The van der Waals surface area contributed by atoms with Crippen molar-refractivity contribution in [2.24, 2.45) is 11.4 Å². The van der Waals surface area contributed by atoms with Gasteiger partial charge >= 0.3 is 0 Å². The van der Waals surface area contributed by atoms with Crippen LogP contribution in [0, 0.1) is 6.92 Å². The molecule has 2 heterocycles. The van der Waals surface area contributed by atoms with Gasteiger partial charge < -0.3 is 5.32 Å². The maximum absolute atomic E-state index is 13.0. The minimum absolute atomic E-state index is 0.225. The summed E-state index contributed by atoms with van der Waals surface area (Å²) < 4.78 is 18.5. The molecule has 0 saturated heterocycles. The molecule has 0 fully saturated rings. The maximum Gasteiger partial charge on any atom is 0.286 e. The fourth-order valence-corrected chi connectivity index (χ4v) is 4.64. The molecule has 0 bridgehead atoms. The first-order valence-electron chi connectivity index (χ1n) is 10.4. The Kier molecular flexibility index (Phi) is 6.38. The fourth-order valence-electron chi connectivity index (χ4n) is 3.45. The summed E-state index contributed by atoms with van der Waals surface area (Å²) in [5.41, 5.74) is 3.42. The zero-order valence-electron chi connectivity index (χ0n) is 18.9. The molecule has 2 amide bonds. The van der Waals surface area contributed by atoms with E-state index in [4.69, 9.17) is 0 Å². The maximum atomic E-state index is 13.0. The quantitative estimate of drug-likeness (QED) is 0.464. The van der Waals surface area contributed by atoms with Gasteiger partial charge in [-0.3, -0.25) is 19.3 Å². The average Bonchev–Trinajstić information content (AvgIpc) is 3.17. The molecule has 0 saturated carbocycles. The fraction of sp³-hybridized carbons (Fsp3) is 0.120. The monoisotopic (exact) mass is 473 g/mol. The summed E-state index contributed by atoms with van der Waals surface area (Å²) in [6.45, 7) is 1.82. The van der Waals surface area contributed by atoms with Crippen molar-refractivity contribution in [3.63, 3.8) is 0 Å². The molecule has 0 aliphatic carbocycles. The highest BCUT2D eigenvalue weighted by molar-refractivity contribution is 7.93. The van der Waals surface area contributed by atoms with Gasteiger partial charge in [0.25, 0.3) is 11.8 Å². The summed E-state index contributed by atoms with van der Waals surface area (Å²) in [6, 6.07) is 19.2. The first kappa shape index (κ1) is 23.1. The number of carbonyl (C=O) groups excluding carboxylic acids is 2. The number of amides is 2. The summed E-state index contributed by atoms with van der Waals surface area (Å²) in [5.74, 6) is -0.888. The van der Waals surface area contributed by atoms with Gasteiger partial charge in [-0.15, -0.1) is 0 Å². The van der Waals surface area contributed by atoms with Crippen molar-refractivity contribution in [3.8, 4) is 11.1 Å². The van der Waals surface area contributed by atoms with E-state index in [-0.39, 0.29) is 11.5 Å². The van der Waals surface area contributed by atoms with Gasteiger partial charge in [0.1, 0.15) is 5.69 Å². The van der Waals surface area contributed by atoms with Gasteiger partial charge in [0.2, 0.25) is 0 Å². The molecular weight excluding hydrogens is 450 g/mol. The molecule has 0 aliphatic rings. The van der Waals surface area contributed by atoms with E-state index in [0.717, 1.165) is 11.3 Å². The summed E-state index contributed by atoms with van der Waals surface area (Å²) in [6.07, 6.45) is 4.45. The van der Waals surface area contributed by atoms with Crippen LogP contribution in [0.3, 0.4) is 0 Å². The molecule has 2 aromatic heterocycles. The lowest BCUT2D eigenvalue weighted by molar-refractivity contribution is 0.0999. The smallest absolute Gasteiger partial charge is 0.286 e. The van der Waals surface area contributed by atoms with Crippen molar-refractivity contribution in [1.82, 2.24) is 14.8 Å². The van der Waals surface area contributed by atoms with Gasteiger partial charge in [-0.1, -0.05) is 30.3 Å². The Morgan fingerprint density at radius 2 is 1.74 bits per heavy atom. The van der Waals surface area contributed by atoms with Crippen LogP contribution in [0.4, 0.5) is 5.69 Å². The lowest BCUT2D eigenvalue weighted by Crippen LogP contribution is -2.16. The molecule has 8 nitrogen and oxygen atoms in total. The van der Waals surface area contributed by atoms with E-state index in [1.54, 1.807) is 67.8 Å². The largest absolute Gasteiger partial charge is 0.321 e. The molecule has 1 atom stereocenters. The third-order valence-corrected chi connectivity index (χ3v) is 6.77. The van der Waals surface area contributed by atoms with Crippen LogP contribution in [0.2, 0.25) is 0 Å². The predicted octanol–water partition coefficient (Wildman–Crippen LogP) is 4.34. The van der Waals surface area contributed by atoms with Crippen LogP contribution in [0.5, 0.6) is 0 Å². The summed E-state index contributed by atoms with van der Waals surface area (Å²) >= 11 is 0. The first-order valence-corrected chi connectivity index (χ1v) is 12.3. The molecule has 0 radical (unpaired) electrons. The Labute approximate surface area is 197 Å². The van der Waals surface area contributed by atoms with E-state index in [1.165, 1.54) is 17.1 Å². The zero-order chi connectivity index (χ0) is 24.3. The number of carbonyl (C=O) groups is 2. The third kappa shape index (κ3) is 5.10. The normalized spacial score (nSPS) is 12.6. The van der Waals surface area contributed by atoms with E-state index < -0.39 is 15.6 Å². The highest BCUT2D eigenvalue weighted by Crippen LogP contribution is 2.24. The number of aryl methyl sites for hydroxylation is 2. The van der Waals surface area contributed by atoms with Crippen LogP contribution in [-0.2, 0) is 16.8 Å². The molecule has 9 heteroatoms. The Bertz CT molecular complexity index is 1500. The SMILES string of the molecule is Cc1cc(C(=O)Nc2cccc(-c3cncc(C(=O)N=[S@@](C)(=O)c4ccccc4)c3)c2)n(C)n1. The number of nitrogens with zero attached hydrogens (tertiary/aromatic N) is 4. The number of hydrogen-bond acceptors (Lipinski definition) is 5. The van der Waals surface area contributed by atoms with E-state index >= 15 is 0 Å². The number of aromatic nitrogens is 3. The highest BCUT2D eigenvalue weighted by Gasteiger charge is 2.14. The zero-order valence-corrected chi connectivity index (χ0v) is 19.7. The molecule has 1 N–H and O–H groups in total. The predicted molar refractivity (Wildman–Crippen MR) is 131 cm³/mol. The van der Waals surface area contributed by atoms with Crippen LogP contribution in [-0.4, -0.2) is 37.0 Å². The number of benzene rings is 2. The van der Waals surface area contributed by atoms with Crippen molar-refractivity contribution in [2.45, 2.75) is 11.8 Å². The van der Waals surface area contributed by atoms with E-state index in [2.05, 4.69) is 19.8 Å². The number of hydrogen-bond donors (Lipinski definition) is 1. The van der Waals surface area contributed by atoms with Gasteiger partial charge in [0, 0.05) is 41.8 Å². The van der Waals surface area contributed by atoms with E-state index in [1.807, 2.05) is 19.1 Å². The molecule has 4 aromatic rings. The number of nitrogens with one attached hydrogen (secondary N) is 1. The number of pyridine rings is 1. The van der Waals surface area contributed by atoms with Gasteiger partial charge in [-0.2, -0.15) is 9.46 Å². The van der Waals surface area contributed by atoms with Gasteiger partial charge in [-0.25, -0.2) is 4.21 Å². The van der Waals surface area contributed by atoms with Crippen molar-refractivity contribution in [3.05, 3.63) is 96.1 Å². The Hall–Kier alpha value is -4.11. The Morgan fingerprint density at radius 1 is 0.971 bits per heavy atom. The number of anilines is 1. The molecule has 4 rings (SSSR count). The van der Waals surface area contributed by atoms with Crippen molar-refractivity contribution in [2.75, 3.05) is 11.6 Å². The van der Waals surface area contributed by atoms with Crippen molar-refractivity contribution >= 4 is 27.2 Å². The average molecular weight is 474 g/mol. The van der Waals surface area contributed by atoms with Crippen LogP contribution in [0.15, 0.2) is 88.4 Å². The summed E-state index contributed by atoms with van der Waals surface area (Å²) in [7, 11) is -1.18. The standard InChI is InChI=1S/C25H23N5O3S/c1-17-12-23(30(2)28-17)25(32)27-21-9-7-8-18(14-21)19-13-20(16-26-15-19)24(31)29-34(3,33)22-10-5-4-6-11-22/h4-16H,1-3H3,(H,27,32)/t34-/m0/s1. The molecule has 0 unspecified atom stereocenters. The molecule has 0 spiro atoms. The van der Waals surface area contributed by atoms with Gasteiger partial charge in [0.05, 0.1) is 21.0 Å². The van der Waals surface area contributed by atoms with Crippen LogP contribution < -0.4 is 5.32 Å². The lowest BCUT2D eigenvalue weighted by Gasteiger charge is -2.09. The van der Waals surface area contributed by atoms with Crippen LogP contribution in [0.1, 0.15) is 26.5 Å². The highest BCUT2D eigenvalue weighted by atomic mass is 32.2. The van der Waals surface area contributed by atoms with Gasteiger partial charge in [-0.05, 0) is 48.9 Å². The topological polar surface area (TPSA) is 106 Å². The summed E-state index contributed by atoms with van der Waals surface area (Å²) in [5, 5.41) is 7.06. The molecular formula is C25H23N5O3S. The second-order valence-corrected chi connectivity index (χ2v) is 10.1. The lowest BCUT2D eigenvalue weighted by atomic mass is 10.1. The first-order chi connectivity index (χ1) is 16.2. The molecule has 172 valence electrons. The molecule has 34 heavy (non-hydrogen) atoms.